The van der Waals surface area contributed by atoms with E-state index in [1.165, 1.54) is 21.3 Å². The zero-order valence-electron chi connectivity index (χ0n) is 11.2. The van der Waals surface area contributed by atoms with Crippen molar-refractivity contribution in [2.45, 2.75) is 30.0 Å². The second-order valence-electron chi connectivity index (χ2n) is 4.68. The molecule has 0 radical (unpaired) electrons. The average molecular weight is 288 g/mol. The molecule has 8 heteroatoms. The van der Waals surface area contributed by atoms with E-state index in [1.807, 2.05) is 0 Å². The molecule has 1 aliphatic heterocycles. The summed E-state index contributed by atoms with van der Waals surface area (Å²) in [6, 6.07) is 1.28. The molecule has 1 fully saturated rings. The molecule has 0 aromatic carbocycles. The molecular formula is C11H20N4O3S. The first-order chi connectivity index (χ1) is 9.00. The Balaban J connectivity index is 2.28. The molecule has 2 atom stereocenters. The van der Waals surface area contributed by atoms with Crippen LogP contribution in [0.2, 0.25) is 0 Å². The molecule has 7 nitrogen and oxygen atoms in total. The molecule has 0 amide bonds. The molecular weight excluding hydrogens is 268 g/mol. The van der Waals surface area contributed by atoms with E-state index in [9.17, 15) is 8.42 Å². The summed E-state index contributed by atoms with van der Waals surface area (Å²) < 4.78 is 33.3. The summed E-state index contributed by atoms with van der Waals surface area (Å²) in [7, 11) is -0.284. The smallest absolute Gasteiger partial charge is 0.260 e. The molecule has 1 aromatic heterocycles. The molecule has 1 saturated heterocycles. The maximum atomic E-state index is 12.6. The van der Waals surface area contributed by atoms with Crippen molar-refractivity contribution in [3.8, 4) is 0 Å². The van der Waals surface area contributed by atoms with Crippen molar-refractivity contribution in [1.82, 2.24) is 14.1 Å². The van der Waals surface area contributed by atoms with Crippen molar-refractivity contribution in [1.29, 1.82) is 0 Å². The molecule has 1 aliphatic rings. The topological polar surface area (TPSA) is 90.5 Å². The van der Waals surface area contributed by atoms with Crippen molar-refractivity contribution in [3.05, 3.63) is 12.3 Å². The molecule has 19 heavy (non-hydrogen) atoms. The fraction of sp³-hybridized carbons (Fsp3) is 0.727. The number of aromatic nitrogens is 2. The Hall–Kier alpha value is -0.960. The van der Waals surface area contributed by atoms with E-state index in [2.05, 4.69) is 5.10 Å². The van der Waals surface area contributed by atoms with Crippen LogP contribution >= 0.6 is 0 Å². The number of nitrogens with zero attached hydrogens (tertiary/aromatic N) is 3. The highest BCUT2D eigenvalue weighted by molar-refractivity contribution is 7.89. The normalized spacial score (nSPS) is 25.6. The Morgan fingerprint density at radius 2 is 2.32 bits per heavy atom. The molecule has 2 unspecified atom stereocenters. The Morgan fingerprint density at radius 3 is 2.84 bits per heavy atom. The number of ether oxygens (including phenoxy) is 1. The van der Waals surface area contributed by atoms with Gasteiger partial charge in [-0.3, -0.25) is 4.68 Å². The minimum Gasteiger partial charge on any atom is -0.381 e. The predicted molar refractivity (Wildman–Crippen MR) is 70.0 cm³/mol. The van der Waals surface area contributed by atoms with Crippen LogP contribution in [-0.4, -0.2) is 54.8 Å². The van der Waals surface area contributed by atoms with Gasteiger partial charge in [0.2, 0.25) is 0 Å². The average Bonchev–Trinajstić information content (AvgIpc) is 2.84. The number of piperidine rings is 1. The molecule has 0 saturated carbocycles. The molecule has 0 aliphatic carbocycles. The summed E-state index contributed by atoms with van der Waals surface area (Å²) in [5.74, 6) is 0. The molecule has 0 bridgehead atoms. The van der Waals surface area contributed by atoms with Crippen LogP contribution in [0.4, 0.5) is 0 Å². The van der Waals surface area contributed by atoms with Crippen molar-refractivity contribution >= 4 is 10.0 Å². The molecule has 0 spiro atoms. The highest BCUT2D eigenvalue weighted by atomic mass is 32.2. The van der Waals surface area contributed by atoms with Crippen LogP contribution in [0.1, 0.15) is 12.8 Å². The third-order valence-corrected chi connectivity index (χ3v) is 5.60. The Kier molecular flexibility index (Phi) is 4.24. The number of methoxy groups -OCH3 is 1. The summed E-state index contributed by atoms with van der Waals surface area (Å²) in [5, 5.41) is 4.11. The monoisotopic (exact) mass is 288 g/mol. The van der Waals surface area contributed by atoms with E-state index in [4.69, 9.17) is 10.5 Å². The summed E-state index contributed by atoms with van der Waals surface area (Å²) in [5.41, 5.74) is 5.71. The Labute approximate surface area is 113 Å². The Bertz CT molecular complexity index is 528. The molecule has 1 aromatic rings. The third-order valence-electron chi connectivity index (χ3n) is 3.57. The van der Waals surface area contributed by atoms with Crippen LogP contribution in [0.5, 0.6) is 0 Å². The van der Waals surface area contributed by atoms with Gasteiger partial charge in [0.05, 0.1) is 12.3 Å². The van der Waals surface area contributed by atoms with Crippen LogP contribution < -0.4 is 5.73 Å². The second kappa shape index (κ2) is 5.58. The van der Waals surface area contributed by atoms with Gasteiger partial charge in [0.25, 0.3) is 10.0 Å². The van der Waals surface area contributed by atoms with Gasteiger partial charge in [-0.05, 0) is 18.9 Å². The first kappa shape index (κ1) is 14.4. The van der Waals surface area contributed by atoms with Gasteiger partial charge in [-0.15, -0.1) is 0 Å². The third kappa shape index (κ3) is 2.66. The van der Waals surface area contributed by atoms with Crippen LogP contribution in [0.25, 0.3) is 0 Å². The molecule has 2 heterocycles. The number of hydrogen-bond donors (Lipinski definition) is 1. The van der Waals surface area contributed by atoms with Crippen LogP contribution in [0.3, 0.4) is 0 Å². The zero-order valence-corrected chi connectivity index (χ0v) is 12.0. The van der Waals surface area contributed by atoms with Crippen LogP contribution in [0, 0.1) is 0 Å². The lowest BCUT2D eigenvalue weighted by atomic mass is 10.0. The van der Waals surface area contributed by atoms with E-state index in [0.29, 0.717) is 19.4 Å². The van der Waals surface area contributed by atoms with Crippen molar-refractivity contribution in [2.24, 2.45) is 12.8 Å². The summed E-state index contributed by atoms with van der Waals surface area (Å²) in [6.07, 6.45) is 2.87. The van der Waals surface area contributed by atoms with Crippen molar-refractivity contribution in [3.63, 3.8) is 0 Å². The lowest BCUT2D eigenvalue weighted by molar-refractivity contribution is 0.0400. The van der Waals surface area contributed by atoms with E-state index in [0.717, 1.165) is 0 Å². The molecule has 2 N–H and O–H groups in total. The van der Waals surface area contributed by atoms with E-state index in [1.54, 1.807) is 14.2 Å². The Morgan fingerprint density at radius 1 is 1.58 bits per heavy atom. The lowest BCUT2D eigenvalue weighted by Crippen LogP contribution is -2.51. The van der Waals surface area contributed by atoms with E-state index in [-0.39, 0.29) is 23.7 Å². The summed E-state index contributed by atoms with van der Waals surface area (Å²) >= 11 is 0. The van der Waals surface area contributed by atoms with Gasteiger partial charge in [0, 0.05) is 33.3 Å². The molecule has 2 rings (SSSR count). The van der Waals surface area contributed by atoms with Crippen LogP contribution in [0.15, 0.2) is 17.3 Å². The highest BCUT2D eigenvalue weighted by Gasteiger charge is 2.37. The maximum Gasteiger partial charge on any atom is 0.260 e. The van der Waals surface area contributed by atoms with Gasteiger partial charge in [-0.25, -0.2) is 8.42 Å². The summed E-state index contributed by atoms with van der Waals surface area (Å²) in [6.45, 7) is 0.713. The van der Waals surface area contributed by atoms with Crippen molar-refractivity contribution in [2.75, 3.05) is 20.2 Å². The minimum absolute atomic E-state index is 0.0755. The van der Waals surface area contributed by atoms with E-state index >= 15 is 0 Å². The van der Waals surface area contributed by atoms with Gasteiger partial charge in [0.1, 0.15) is 0 Å². The maximum absolute atomic E-state index is 12.6. The largest absolute Gasteiger partial charge is 0.381 e. The number of sulfonamides is 1. The number of aryl methyl sites for hydroxylation is 1. The standard InChI is InChI=1S/C11H20N4O3S/c1-14-11(3-5-13-14)19(16,17)15-6-4-10(18-2)7-9(15)8-12/h3,5,9-10H,4,6-8,12H2,1-2H3. The van der Waals surface area contributed by atoms with Gasteiger partial charge < -0.3 is 10.5 Å². The molecule has 108 valence electrons. The number of nitrogens with two attached hydrogens (primary N) is 1. The highest BCUT2D eigenvalue weighted by Crippen LogP contribution is 2.25. The SMILES string of the molecule is COC1CCN(S(=O)(=O)c2ccnn2C)C(CN)C1. The predicted octanol–water partition coefficient (Wildman–Crippen LogP) is -0.453. The lowest BCUT2D eigenvalue weighted by Gasteiger charge is -2.37. The first-order valence-electron chi connectivity index (χ1n) is 6.23. The number of rotatable bonds is 4. The first-order valence-corrected chi connectivity index (χ1v) is 7.67. The van der Waals surface area contributed by atoms with E-state index < -0.39 is 10.0 Å². The van der Waals surface area contributed by atoms with Gasteiger partial charge in [0.15, 0.2) is 5.03 Å². The zero-order chi connectivity index (χ0) is 14.0. The van der Waals surface area contributed by atoms with Gasteiger partial charge in [-0.2, -0.15) is 9.40 Å². The van der Waals surface area contributed by atoms with Gasteiger partial charge in [-0.1, -0.05) is 0 Å². The second-order valence-corrected chi connectivity index (χ2v) is 6.52. The quantitative estimate of drug-likeness (QED) is 0.810. The summed E-state index contributed by atoms with van der Waals surface area (Å²) in [4.78, 5) is 0. The van der Waals surface area contributed by atoms with Gasteiger partial charge >= 0.3 is 0 Å². The fourth-order valence-corrected chi connectivity index (χ4v) is 4.24. The minimum atomic E-state index is -3.54. The van der Waals surface area contributed by atoms with Crippen LogP contribution in [-0.2, 0) is 21.8 Å². The van der Waals surface area contributed by atoms with Crippen molar-refractivity contribution < 1.29 is 13.2 Å². The fourth-order valence-electron chi connectivity index (χ4n) is 2.47. The number of hydrogen-bond acceptors (Lipinski definition) is 5.